The molecule has 1 fully saturated rings. The zero-order valence-electron chi connectivity index (χ0n) is 17.8. The molecule has 0 atom stereocenters. The number of hydrogen-bond acceptors (Lipinski definition) is 8. The second kappa shape index (κ2) is 9.73. The van der Waals surface area contributed by atoms with Crippen LogP contribution in [0.2, 0.25) is 0 Å². The smallest absolute Gasteiger partial charge is 0.373 e. The molecule has 168 valence electrons. The first-order valence-corrected chi connectivity index (χ1v) is 9.43. The standard InChI is InChI=1S/C22H22N2O8/c1-5-8-31-19-17(28-2)10-13(11-18(19)29-3)9-15-20(25)24(22(27)23-15)12-14-6-7-16(32-14)21(26)30-4/h5-7,9-11H,1,8,12H2,2-4H3,(H,23,27). The van der Waals surface area contributed by atoms with Crippen LogP contribution in [-0.2, 0) is 16.1 Å². The lowest BCUT2D eigenvalue weighted by molar-refractivity contribution is -0.123. The summed E-state index contributed by atoms with van der Waals surface area (Å²) in [6, 6.07) is 5.57. The van der Waals surface area contributed by atoms with Crippen LogP contribution >= 0.6 is 0 Å². The van der Waals surface area contributed by atoms with Gasteiger partial charge in [-0.15, -0.1) is 0 Å². The van der Waals surface area contributed by atoms with Crippen molar-refractivity contribution >= 4 is 24.0 Å². The number of esters is 1. The van der Waals surface area contributed by atoms with E-state index in [2.05, 4.69) is 16.6 Å². The Kier molecular flexibility index (Phi) is 6.83. The van der Waals surface area contributed by atoms with Gasteiger partial charge < -0.3 is 28.7 Å². The highest BCUT2D eigenvalue weighted by molar-refractivity contribution is 6.13. The van der Waals surface area contributed by atoms with Gasteiger partial charge in [-0.05, 0) is 35.9 Å². The molecular formula is C22H22N2O8. The van der Waals surface area contributed by atoms with Crippen LogP contribution in [-0.4, -0.2) is 50.7 Å². The third-order valence-electron chi connectivity index (χ3n) is 4.46. The highest BCUT2D eigenvalue weighted by atomic mass is 16.5. The monoisotopic (exact) mass is 442 g/mol. The molecular weight excluding hydrogens is 420 g/mol. The molecule has 1 N–H and O–H groups in total. The maximum Gasteiger partial charge on any atom is 0.373 e. The number of imide groups is 1. The normalized spacial score (nSPS) is 14.3. The van der Waals surface area contributed by atoms with Gasteiger partial charge in [0.15, 0.2) is 11.5 Å². The van der Waals surface area contributed by atoms with Crippen molar-refractivity contribution < 1.29 is 37.7 Å². The van der Waals surface area contributed by atoms with Crippen LogP contribution in [0.3, 0.4) is 0 Å². The number of benzene rings is 1. The summed E-state index contributed by atoms with van der Waals surface area (Å²) in [6.45, 7) is 3.71. The Labute approximate surface area is 184 Å². The Morgan fingerprint density at radius 1 is 1.16 bits per heavy atom. The molecule has 1 aromatic heterocycles. The minimum atomic E-state index is -0.655. The predicted molar refractivity (Wildman–Crippen MR) is 112 cm³/mol. The summed E-state index contributed by atoms with van der Waals surface area (Å²) in [5.74, 6) is 0.175. The molecule has 0 unspecified atom stereocenters. The molecule has 10 nitrogen and oxygen atoms in total. The fourth-order valence-electron chi connectivity index (χ4n) is 2.98. The Bertz CT molecular complexity index is 1060. The number of amides is 3. The number of carbonyl (C=O) groups excluding carboxylic acids is 3. The van der Waals surface area contributed by atoms with E-state index in [-0.39, 0.29) is 30.4 Å². The average molecular weight is 442 g/mol. The largest absolute Gasteiger partial charge is 0.493 e. The van der Waals surface area contributed by atoms with Gasteiger partial charge in [-0.3, -0.25) is 9.69 Å². The van der Waals surface area contributed by atoms with Crippen LogP contribution in [0, 0.1) is 0 Å². The van der Waals surface area contributed by atoms with E-state index < -0.39 is 17.9 Å². The summed E-state index contributed by atoms with van der Waals surface area (Å²) in [7, 11) is 4.17. The quantitative estimate of drug-likeness (QED) is 0.273. The van der Waals surface area contributed by atoms with E-state index in [9.17, 15) is 14.4 Å². The number of methoxy groups -OCH3 is 3. The molecule has 0 aliphatic carbocycles. The average Bonchev–Trinajstić information content (AvgIpc) is 3.37. The van der Waals surface area contributed by atoms with Gasteiger partial charge in [0.25, 0.3) is 5.91 Å². The summed E-state index contributed by atoms with van der Waals surface area (Å²) in [6.07, 6.45) is 3.08. The number of rotatable bonds is 9. The summed E-state index contributed by atoms with van der Waals surface area (Å²) in [5, 5.41) is 2.53. The lowest BCUT2D eigenvalue weighted by atomic mass is 10.1. The second-order valence-electron chi connectivity index (χ2n) is 6.49. The molecule has 1 aliphatic rings. The molecule has 0 bridgehead atoms. The van der Waals surface area contributed by atoms with E-state index >= 15 is 0 Å². The maximum atomic E-state index is 12.8. The van der Waals surface area contributed by atoms with Crippen LogP contribution in [0.15, 0.2) is 47.0 Å². The number of carbonyl (C=O) groups is 3. The Morgan fingerprint density at radius 3 is 2.44 bits per heavy atom. The highest BCUT2D eigenvalue weighted by Crippen LogP contribution is 2.39. The van der Waals surface area contributed by atoms with E-state index in [1.54, 1.807) is 18.2 Å². The SMILES string of the molecule is C=CCOc1c(OC)cc(C=C2NC(=O)N(Cc3ccc(C(=O)OC)o3)C2=O)cc1OC. The molecule has 1 aromatic carbocycles. The van der Waals surface area contributed by atoms with E-state index in [1.165, 1.54) is 39.5 Å². The van der Waals surface area contributed by atoms with Gasteiger partial charge in [0.1, 0.15) is 18.1 Å². The van der Waals surface area contributed by atoms with Crippen molar-refractivity contribution in [1.82, 2.24) is 10.2 Å². The second-order valence-corrected chi connectivity index (χ2v) is 6.49. The lowest BCUT2D eigenvalue weighted by Gasteiger charge is -2.14. The summed E-state index contributed by atoms with van der Waals surface area (Å²) >= 11 is 0. The maximum absolute atomic E-state index is 12.8. The molecule has 32 heavy (non-hydrogen) atoms. The number of furan rings is 1. The van der Waals surface area contributed by atoms with Crippen molar-refractivity contribution in [3.8, 4) is 17.2 Å². The fourth-order valence-corrected chi connectivity index (χ4v) is 2.98. The predicted octanol–water partition coefficient (Wildman–Crippen LogP) is 2.74. The van der Waals surface area contributed by atoms with Crippen molar-refractivity contribution in [3.63, 3.8) is 0 Å². The topological polar surface area (TPSA) is 117 Å². The Balaban J connectivity index is 1.84. The molecule has 0 radical (unpaired) electrons. The molecule has 0 saturated carbocycles. The summed E-state index contributed by atoms with van der Waals surface area (Å²) in [4.78, 5) is 37.6. The summed E-state index contributed by atoms with van der Waals surface area (Å²) in [5.41, 5.74) is 0.597. The zero-order chi connectivity index (χ0) is 23.3. The van der Waals surface area contributed by atoms with E-state index in [0.717, 1.165) is 4.90 Å². The van der Waals surface area contributed by atoms with E-state index in [1.807, 2.05) is 0 Å². The Hall–Kier alpha value is -4.21. The molecule has 0 spiro atoms. The van der Waals surface area contributed by atoms with Gasteiger partial charge >= 0.3 is 12.0 Å². The third-order valence-corrected chi connectivity index (χ3v) is 4.46. The molecule has 2 aromatic rings. The minimum absolute atomic E-state index is 0.0247. The van der Waals surface area contributed by atoms with Crippen LogP contribution < -0.4 is 19.5 Å². The van der Waals surface area contributed by atoms with Gasteiger partial charge in [0.05, 0.1) is 27.9 Å². The number of urea groups is 1. The third kappa shape index (κ3) is 4.59. The van der Waals surface area contributed by atoms with Crippen LogP contribution in [0.4, 0.5) is 4.79 Å². The van der Waals surface area contributed by atoms with Crippen LogP contribution in [0.25, 0.3) is 6.08 Å². The first-order chi connectivity index (χ1) is 15.4. The fraction of sp³-hybridized carbons (Fsp3) is 0.227. The van der Waals surface area contributed by atoms with E-state index in [0.29, 0.717) is 22.8 Å². The van der Waals surface area contributed by atoms with E-state index in [4.69, 9.17) is 18.6 Å². The van der Waals surface area contributed by atoms with Crippen molar-refractivity contribution in [1.29, 1.82) is 0 Å². The number of ether oxygens (including phenoxy) is 4. The first-order valence-electron chi connectivity index (χ1n) is 9.43. The number of nitrogens with one attached hydrogen (secondary N) is 1. The van der Waals surface area contributed by atoms with Gasteiger partial charge in [-0.25, -0.2) is 9.59 Å². The van der Waals surface area contributed by atoms with Crippen molar-refractivity contribution in [2.24, 2.45) is 0 Å². The van der Waals surface area contributed by atoms with Gasteiger partial charge in [-0.2, -0.15) is 0 Å². The molecule has 3 rings (SSSR count). The van der Waals surface area contributed by atoms with Crippen molar-refractivity contribution in [2.45, 2.75) is 6.54 Å². The molecule has 10 heteroatoms. The zero-order valence-corrected chi connectivity index (χ0v) is 17.8. The Morgan fingerprint density at radius 2 is 1.84 bits per heavy atom. The van der Waals surface area contributed by atoms with Crippen LogP contribution in [0.5, 0.6) is 17.2 Å². The summed E-state index contributed by atoms with van der Waals surface area (Å²) < 4.78 is 26.2. The van der Waals surface area contributed by atoms with Crippen LogP contribution in [0.1, 0.15) is 21.9 Å². The van der Waals surface area contributed by atoms with Gasteiger partial charge in [0, 0.05) is 0 Å². The lowest BCUT2D eigenvalue weighted by Crippen LogP contribution is -2.30. The van der Waals surface area contributed by atoms with Crippen molar-refractivity contribution in [2.75, 3.05) is 27.9 Å². The molecule has 1 aliphatic heterocycles. The highest BCUT2D eigenvalue weighted by Gasteiger charge is 2.34. The first kappa shape index (κ1) is 22.5. The molecule has 2 heterocycles. The minimum Gasteiger partial charge on any atom is -0.493 e. The van der Waals surface area contributed by atoms with Crippen molar-refractivity contribution in [3.05, 3.63) is 59.7 Å². The van der Waals surface area contributed by atoms with Gasteiger partial charge in [0.2, 0.25) is 11.5 Å². The number of nitrogens with zero attached hydrogens (tertiary/aromatic N) is 1. The molecule has 1 saturated heterocycles. The molecule has 3 amide bonds. The number of hydrogen-bond donors (Lipinski definition) is 1. The van der Waals surface area contributed by atoms with Gasteiger partial charge in [-0.1, -0.05) is 12.7 Å².